The summed E-state index contributed by atoms with van der Waals surface area (Å²) in [6.07, 6.45) is 2.39. The van der Waals surface area contributed by atoms with Gasteiger partial charge in [-0.1, -0.05) is 23.2 Å². The Kier molecular flexibility index (Phi) is 3.43. The number of imidazole rings is 1. The Hall–Kier alpha value is -1.19. The summed E-state index contributed by atoms with van der Waals surface area (Å²) in [6, 6.07) is 5.71. The van der Waals surface area contributed by atoms with Gasteiger partial charge in [0.25, 0.3) is 0 Å². The highest BCUT2D eigenvalue weighted by molar-refractivity contribution is 6.35. The average Bonchev–Trinajstić information content (AvgIpc) is 3.11. The van der Waals surface area contributed by atoms with Crippen LogP contribution >= 0.6 is 23.2 Å². The lowest BCUT2D eigenvalue weighted by atomic mass is 10.1. The summed E-state index contributed by atoms with van der Waals surface area (Å²) in [5.74, 6) is 2.33. The summed E-state index contributed by atoms with van der Waals surface area (Å²) >= 11 is 12.2. The first-order valence-corrected chi connectivity index (χ1v) is 7.57. The quantitative estimate of drug-likeness (QED) is 0.876. The molecule has 3 rings (SSSR count). The van der Waals surface area contributed by atoms with Gasteiger partial charge in [0, 0.05) is 27.6 Å². The van der Waals surface area contributed by atoms with Crippen LogP contribution in [0.15, 0.2) is 18.2 Å². The topological polar surface area (TPSA) is 43.8 Å². The summed E-state index contributed by atoms with van der Waals surface area (Å²) in [7, 11) is 0. The van der Waals surface area contributed by atoms with Gasteiger partial charge < -0.3 is 10.3 Å². The number of hydrogen-bond donors (Lipinski definition) is 1. The molecule has 0 radical (unpaired) electrons. The van der Waals surface area contributed by atoms with Crippen LogP contribution in [-0.2, 0) is 0 Å². The predicted octanol–water partition coefficient (Wildman–Crippen LogP) is 4.90. The highest BCUT2D eigenvalue weighted by Crippen LogP contribution is 2.43. The summed E-state index contributed by atoms with van der Waals surface area (Å²) in [5.41, 5.74) is 7.98. The van der Waals surface area contributed by atoms with Crippen LogP contribution in [0.4, 0.5) is 5.82 Å². The van der Waals surface area contributed by atoms with E-state index in [1.165, 1.54) is 12.8 Å². The monoisotopic (exact) mass is 309 g/mol. The van der Waals surface area contributed by atoms with Gasteiger partial charge in [0.1, 0.15) is 17.3 Å². The van der Waals surface area contributed by atoms with Crippen LogP contribution in [0.25, 0.3) is 11.3 Å². The zero-order chi connectivity index (χ0) is 14.4. The number of benzene rings is 1. The Bertz CT molecular complexity index is 637. The molecule has 1 aliphatic rings. The van der Waals surface area contributed by atoms with Crippen LogP contribution in [-0.4, -0.2) is 9.55 Å². The average molecular weight is 310 g/mol. The smallest absolute Gasteiger partial charge is 0.131 e. The summed E-state index contributed by atoms with van der Waals surface area (Å²) in [5, 5.41) is 1.19. The van der Waals surface area contributed by atoms with Gasteiger partial charge in [-0.15, -0.1) is 0 Å². The molecule has 2 aromatic rings. The number of nitrogens with zero attached hydrogens (tertiary/aromatic N) is 2. The van der Waals surface area contributed by atoms with Crippen LogP contribution < -0.4 is 5.73 Å². The molecule has 0 saturated heterocycles. The number of halogens is 2. The number of nitrogen functional groups attached to an aromatic ring is 1. The summed E-state index contributed by atoms with van der Waals surface area (Å²) in [6.45, 7) is 4.25. The third kappa shape index (κ3) is 2.40. The molecule has 1 fully saturated rings. The molecule has 1 aliphatic carbocycles. The predicted molar refractivity (Wildman–Crippen MR) is 84.5 cm³/mol. The van der Waals surface area contributed by atoms with Crippen molar-refractivity contribution in [3.05, 3.63) is 34.1 Å². The minimum atomic E-state index is 0.293. The van der Waals surface area contributed by atoms with Crippen molar-refractivity contribution in [2.45, 2.75) is 38.6 Å². The standard InChI is InChI=1S/C15H17Cl2N3/c1-8(2)20-14(18)13(19-15(20)9-3-4-9)10-5-11(16)7-12(17)6-10/h5-9H,3-4,18H2,1-2H3. The van der Waals surface area contributed by atoms with Crippen molar-refractivity contribution in [3.8, 4) is 11.3 Å². The van der Waals surface area contributed by atoms with E-state index in [2.05, 4.69) is 18.4 Å². The minimum Gasteiger partial charge on any atom is -0.383 e. The number of nitrogens with two attached hydrogens (primary N) is 1. The molecular formula is C15H17Cl2N3. The van der Waals surface area contributed by atoms with E-state index < -0.39 is 0 Å². The van der Waals surface area contributed by atoms with Crippen LogP contribution in [0.5, 0.6) is 0 Å². The highest BCUT2D eigenvalue weighted by Gasteiger charge is 2.31. The van der Waals surface area contributed by atoms with Crippen LogP contribution in [0, 0.1) is 0 Å². The number of aromatic nitrogens is 2. The second-order valence-electron chi connectivity index (χ2n) is 5.60. The largest absolute Gasteiger partial charge is 0.383 e. The molecule has 1 saturated carbocycles. The first-order valence-electron chi connectivity index (χ1n) is 6.81. The molecule has 2 N–H and O–H groups in total. The zero-order valence-corrected chi connectivity index (χ0v) is 13.0. The van der Waals surface area contributed by atoms with E-state index in [1.54, 1.807) is 6.07 Å². The van der Waals surface area contributed by atoms with Gasteiger partial charge in [0.05, 0.1) is 0 Å². The first kappa shape index (κ1) is 13.8. The van der Waals surface area contributed by atoms with E-state index in [0.717, 1.165) is 17.1 Å². The van der Waals surface area contributed by atoms with Gasteiger partial charge in [-0.3, -0.25) is 0 Å². The highest BCUT2D eigenvalue weighted by atomic mass is 35.5. The Labute approximate surface area is 128 Å². The van der Waals surface area contributed by atoms with Crippen molar-refractivity contribution in [3.63, 3.8) is 0 Å². The third-order valence-electron chi connectivity index (χ3n) is 3.57. The molecule has 0 aliphatic heterocycles. The van der Waals surface area contributed by atoms with Crippen molar-refractivity contribution in [2.24, 2.45) is 0 Å². The maximum absolute atomic E-state index is 6.32. The van der Waals surface area contributed by atoms with Crippen molar-refractivity contribution >= 4 is 29.0 Å². The fraction of sp³-hybridized carbons (Fsp3) is 0.400. The van der Waals surface area contributed by atoms with Gasteiger partial charge in [-0.05, 0) is 44.9 Å². The SMILES string of the molecule is CC(C)n1c(C2CC2)nc(-c2cc(Cl)cc(Cl)c2)c1N. The lowest BCUT2D eigenvalue weighted by Gasteiger charge is -2.13. The molecule has 0 atom stereocenters. The second-order valence-corrected chi connectivity index (χ2v) is 6.47. The summed E-state index contributed by atoms with van der Waals surface area (Å²) < 4.78 is 2.13. The molecule has 1 aromatic carbocycles. The molecule has 0 unspecified atom stereocenters. The Balaban J connectivity index is 2.16. The fourth-order valence-electron chi connectivity index (χ4n) is 2.54. The van der Waals surface area contributed by atoms with E-state index in [0.29, 0.717) is 27.8 Å². The molecule has 1 aromatic heterocycles. The maximum atomic E-state index is 6.32. The third-order valence-corrected chi connectivity index (χ3v) is 4.01. The first-order chi connectivity index (χ1) is 9.47. The Morgan fingerprint density at radius 3 is 2.30 bits per heavy atom. The molecule has 5 heteroatoms. The Morgan fingerprint density at radius 1 is 1.20 bits per heavy atom. The van der Waals surface area contributed by atoms with Crippen molar-refractivity contribution in [1.82, 2.24) is 9.55 Å². The Morgan fingerprint density at radius 2 is 1.80 bits per heavy atom. The molecule has 0 spiro atoms. The van der Waals surface area contributed by atoms with Gasteiger partial charge in [-0.25, -0.2) is 4.98 Å². The molecule has 106 valence electrons. The van der Waals surface area contributed by atoms with Crippen LogP contribution in [0.1, 0.15) is 44.5 Å². The minimum absolute atomic E-state index is 0.293. The normalized spacial score (nSPS) is 15.1. The van der Waals surface area contributed by atoms with Crippen LogP contribution in [0.3, 0.4) is 0 Å². The van der Waals surface area contributed by atoms with Crippen molar-refractivity contribution < 1.29 is 0 Å². The van der Waals surface area contributed by atoms with E-state index in [9.17, 15) is 0 Å². The van der Waals surface area contributed by atoms with Gasteiger partial charge in [0.2, 0.25) is 0 Å². The van der Waals surface area contributed by atoms with Gasteiger partial charge in [0.15, 0.2) is 0 Å². The van der Waals surface area contributed by atoms with E-state index in [1.807, 2.05) is 12.1 Å². The number of hydrogen-bond acceptors (Lipinski definition) is 2. The number of anilines is 1. The molecular weight excluding hydrogens is 293 g/mol. The van der Waals surface area contributed by atoms with Crippen molar-refractivity contribution in [2.75, 3.05) is 5.73 Å². The lowest BCUT2D eigenvalue weighted by molar-refractivity contribution is 0.576. The molecule has 0 bridgehead atoms. The van der Waals surface area contributed by atoms with Crippen LogP contribution in [0.2, 0.25) is 10.0 Å². The van der Waals surface area contributed by atoms with Crippen molar-refractivity contribution in [1.29, 1.82) is 0 Å². The van der Waals surface area contributed by atoms with Gasteiger partial charge >= 0.3 is 0 Å². The maximum Gasteiger partial charge on any atom is 0.131 e. The van der Waals surface area contributed by atoms with Gasteiger partial charge in [-0.2, -0.15) is 0 Å². The molecule has 1 heterocycles. The van der Waals surface area contributed by atoms with E-state index in [4.69, 9.17) is 33.9 Å². The van der Waals surface area contributed by atoms with E-state index in [-0.39, 0.29) is 0 Å². The second kappa shape index (κ2) is 4.97. The van der Waals surface area contributed by atoms with E-state index >= 15 is 0 Å². The molecule has 0 amide bonds. The number of rotatable bonds is 3. The molecule has 3 nitrogen and oxygen atoms in total. The molecule has 20 heavy (non-hydrogen) atoms. The summed E-state index contributed by atoms with van der Waals surface area (Å²) in [4.78, 5) is 4.77. The lowest BCUT2D eigenvalue weighted by Crippen LogP contribution is -2.08. The fourth-order valence-corrected chi connectivity index (χ4v) is 3.06. The zero-order valence-electron chi connectivity index (χ0n) is 11.5.